The van der Waals surface area contributed by atoms with E-state index in [9.17, 15) is 23.7 Å². The number of hydrogen-bond donors (Lipinski definition) is 1. The summed E-state index contributed by atoms with van der Waals surface area (Å²) in [4.78, 5) is 21.9. The first kappa shape index (κ1) is 14.6. The van der Waals surface area contributed by atoms with Crippen LogP contribution in [-0.4, -0.2) is 10.8 Å². The highest BCUT2D eigenvalue weighted by Gasteiger charge is 2.24. The molecule has 0 heterocycles. The Bertz CT molecular complexity index is 732. The highest BCUT2D eigenvalue weighted by Crippen LogP contribution is 2.23. The van der Waals surface area contributed by atoms with Crippen LogP contribution < -0.4 is 5.32 Å². The van der Waals surface area contributed by atoms with E-state index in [0.717, 1.165) is 5.56 Å². The summed E-state index contributed by atoms with van der Waals surface area (Å²) in [5.74, 6) is -3.59. The van der Waals surface area contributed by atoms with Crippen molar-refractivity contribution in [3.8, 4) is 0 Å². The number of anilines is 1. The predicted octanol–water partition coefficient (Wildman–Crippen LogP) is 3.43. The van der Waals surface area contributed by atoms with Gasteiger partial charge in [0.15, 0.2) is 11.6 Å². The Morgan fingerprint density at radius 3 is 2.48 bits per heavy atom. The lowest BCUT2D eigenvalue weighted by molar-refractivity contribution is -0.385. The maximum absolute atomic E-state index is 13.2. The SMILES string of the molecule is Cc1cccc(NC(=O)c2cc(F)c(F)cc2[N+](=O)[O-])c1. The van der Waals surface area contributed by atoms with Crippen LogP contribution in [0.4, 0.5) is 20.2 Å². The molecule has 0 aliphatic carbocycles. The second-order valence-electron chi connectivity index (χ2n) is 4.36. The molecule has 2 rings (SSSR count). The van der Waals surface area contributed by atoms with Crippen molar-refractivity contribution in [2.24, 2.45) is 0 Å². The van der Waals surface area contributed by atoms with Crippen molar-refractivity contribution < 1.29 is 18.5 Å². The second kappa shape index (κ2) is 5.66. The monoisotopic (exact) mass is 292 g/mol. The summed E-state index contributed by atoms with van der Waals surface area (Å²) in [6.07, 6.45) is 0. The first-order valence-electron chi connectivity index (χ1n) is 5.90. The molecular formula is C14H10F2N2O3. The molecule has 108 valence electrons. The summed E-state index contributed by atoms with van der Waals surface area (Å²) in [5, 5.41) is 13.2. The molecule has 2 aromatic carbocycles. The predicted molar refractivity (Wildman–Crippen MR) is 72.1 cm³/mol. The van der Waals surface area contributed by atoms with Crippen LogP contribution in [0.5, 0.6) is 0 Å². The molecule has 0 aliphatic rings. The number of carbonyl (C=O) groups excluding carboxylic acids is 1. The van der Waals surface area contributed by atoms with E-state index in [1.165, 1.54) is 0 Å². The highest BCUT2D eigenvalue weighted by molar-refractivity contribution is 6.07. The smallest absolute Gasteiger partial charge is 0.285 e. The number of rotatable bonds is 3. The number of benzene rings is 2. The maximum Gasteiger partial charge on any atom is 0.285 e. The number of nitro groups is 1. The van der Waals surface area contributed by atoms with Crippen molar-refractivity contribution >= 4 is 17.3 Å². The number of nitrogens with one attached hydrogen (secondary N) is 1. The largest absolute Gasteiger partial charge is 0.322 e. The van der Waals surface area contributed by atoms with Gasteiger partial charge in [0.1, 0.15) is 5.56 Å². The van der Waals surface area contributed by atoms with Gasteiger partial charge < -0.3 is 5.32 Å². The Hall–Kier alpha value is -2.83. The van der Waals surface area contributed by atoms with Gasteiger partial charge in [-0.1, -0.05) is 12.1 Å². The molecule has 2 aromatic rings. The van der Waals surface area contributed by atoms with Gasteiger partial charge in [0.2, 0.25) is 0 Å². The van der Waals surface area contributed by atoms with Crippen LogP contribution in [0.3, 0.4) is 0 Å². The highest BCUT2D eigenvalue weighted by atomic mass is 19.2. The van der Waals surface area contributed by atoms with Gasteiger partial charge in [-0.25, -0.2) is 8.78 Å². The van der Waals surface area contributed by atoms with E-state index in [0.29, 0.717) is 17.8 Å². The molecule has 0 spiro atoms. The lowest BCUT2D eigenvalue weighted by atomic mass is 10.1. The molecule has 1 N–H and O–H groups in total. The normalized spacial score (nSPS) is 10.2. The van der Waals surface area contributed by atoms with E-state index in [4.69, 9.17) is 0 Å². The van der Waals surface area contributed by atoms with Gasteiger partial charge in [-0.2, -0.15) is 0 Å². The van der Waals surface area contributed by atoms with E-state index in [1.807, 2.05) is 0 Å². The number of aryl methyl sites for hydroxylation is 1. The van der Waals surface area contributed by atoms with E-state index in [1.54, 1.807) is 31.2 Å². The number of amides is 1. The molecule has 1 amide bonds. The molecule has 0 aromatic heterocycles. The standard InChI is InChI=1S/C14H10F2N2O3/c1-8-3-2-4-9(5-8)17-14(19)10-6-11(15)12(16)7-13(10)18(20)21/h2-7H,1H3,(H,17,19). The third kappa shape index (κ3) is 3.19. The van der Waals surface area contributed by atoms with Gasteiger partial charge in [-0.3, -0.25) is 14.9 Å². The van der Waals surface area contributed by atoms with Crippen LogP contribution in [0.2, 0.25) is 0 Å². The van der Waals surface area contributed by atoms with Crippen molar-refractivity contribution in [1.82, 2.24) is 0 Å². The molecule has 0 saturated heterocycles. The first-order chi connectivity index (χ1) is 9.88. The molecule has 0 radical (unpaired) electrons. The van der Waals surface area contributed by atoms with Gasteiger partial charge in [-0.05, 0) is 30.7 Å². The van der Waals surface area contributed by atoms with Crippen LogP contribution in [0.1, 0.15) is 15.9 Å². The molecule has 0 atom stereocenters. The van der Waals surface area contributed by atoms with Crippen molar-refractivity contribution in [2.75, 3.05) is 5.32 Å². The molecule has 5 nitrogen and oxygen atoms in total. The summed E-state index contributed by atoms with van der Waals surface area (Å²) in [6, 6.07) is 7.61. The minimum atomic E-state index is -1.38. The van der Waals surface area contributed by atoms with Crippen LogP contribution in [0.15, 0.2) is 36.4 Å². The number of halogens is 2. The number of nitro benzene ring substituents is 1. The lowest BCUT2D eigenvalue weighted by Gasteiger charge is -2.07. The van der Waals surface area contributed by atoms with Crippen molar-refractivity contribution in [3.63, 3.8) is 0 Å². The maximum atomic E-state index is 13.2. The topological polar surface area (TPSA) is 72.2 Å². The van der Waals surface area contributed by atoms with E-state index < -0.39 is 33.7 Å². The second-order valence-corrected chi connectivity index (χ2v) is 4.36. The third-order valence-corrected chi connectivity index (χ3v) is 2.76. The minimum absolute atomic E-state index is 0.389. The van der Waals surface area contributed by atoms with Crippen LogP contribution in [0.25, 0.3) is 0 Å². The molecule has 0 saturated carbocycles. The first-order valence-corrected chi connectivity index (χ1v) is 5.90. The third-order valence-electron chi connectivity index (χ3n) is 2.76. The van der Waals surface area contributed by atoms with E-state index >= 15 is 0 Å². The Morgan fingerprint density at radius 2 is 1.86 bits per heavy atom. The lowest BCUT2D eigenvalue weighted by Crippen LogP contribution is -2.15. The summed E-state index contributed by atoms with van der Waals surface area (Å²) in [5.41, 5.74) is -0.0638. The van der Waals surface area contributed by atoms with Gasteiger partial charge in [0.25, 0.3) is 11.6 Å². The summed E-state index contributed by atoms with van der Waals surface area (Å²) in [7, 11) is 0. The summed E-state index contributed by atoms with van der Waals surface area (Å²) >= 11 is 0. The summed E-state index contributed by atoms with van der Waals surface area (Å²) in [6.45, 7) is 1.80. The zero-order chi connectivity index (χ0) is 15.6. The van der Waals surface area contributed by atoms with Crippen molar-refractivity contribution in [3.05, 3.63) is 69.3 Å². The van der Waals surface area contributed by atoms with Gasteiger partial charge >= 0.3 is 0 Å². The zero-order valence-electron chi connectivity index (χ0n) is 10.9. The fraction of sp³-hybridized carbons (Fsp3) is 0.0714. The summed E-state index contributed by atoms with van der Waals surface area (Å²) < 4.78 is 26.3. The Labute approximate surface area is 118 Å². The Kier molecular flexibility index (Phi) is 3.93. The van der Waals surface area contributed by atoms with Crippen LogP contribution in [0, 0.1) is 28.7 Å². The Morgan fingerprint density at radius 1 is 1.19 bits per heavy atom. The fourth-order valence-electron chi connectivity index (χ4n) is 1.79. The molecular weight excluding hydrogens is 282 g/mol. The molecule has 0 fully saturated rings. The molecule has 0 unspecified atom stereocenters. The Balaban J connectivity index is 2.39. The fourth-order valence-corrected chi connectivity index (χ4v) is 1.79. The number of nitrogens with zero attached hydrogens (tertiary/aromatic N) is 1. The van der Waals surface area contributed by atoms with Gasteiger partial charge in [-0.15, -0.1) is 0 Å². The van der Waals surface area contributed by atoms with Crippen molar-refractivity contribution in [2.45, 2.75) is 6.92 Å². The van der Waals surface area contributed by atoms with Gasteiger partial charge in [0.05, 0.1) is 11.0 Å². The molecule has 7 heteroatoms. The molecule has 21 heavy (non-hydrogen) atoms. The number of carbonyl (C=O) groups is 1. The van der Waals surface area contributed by atoms with Gasteiger partial charge in [0, 0.05) is 5.69 Å². The minimum Gasteiger partial charge on any atom is -0.322 e. The molecule has 0 bridgehead atoms. The number of hydrogen-bond acceptors (Lipinski definition) is 3. The molecule has 0 aliphatic heterocycles. The quantitative estimate of drug-likeness (QED) is 0.695. The van der Waals surface area contributed by atoms with E-state index in [2.05, 4.69) is 5.32 Å². The zero-order valence-corrected chi connectivity index (χ0v) is 10.9. The average Bonchev–Trinajstić information content (AvgIpc) is 2.41. The van der Waals surface area contributed by atoms with E-state index in [-0.39, 0.29) is 0 Å². The van der Waals surface area contributed by atoms with Crippen molar-refractivity contribution in [1.29, 1.82) is 0 Å². The average molecular weight is 292 g/mol. The van der Waals surface area contributed by atoms with Crippen LogP contribution >= 0.6 is 0 Å². The van der Waals surface area contributed by atoms with Crippen LogP contribution in [-0.2, 0) is 0 Å².